The van der Waals surface area contributed by atoms with E-state index in [2.05, 4.69) is 9.98 Å². The Balaban J connectivity index is 1.88. The van der Waals surface area contributed by atoms with Crippen molar-refractivity contribution >= 4 is 29.0 Å². The van der Waals surface area contributed by atoms with Crippen LogP contribution in [0.15, 0.2) is 46.3 Å². The molecule has 1 aromatic heterocycles. The first-order chi connectivity index (χ1) is 13.3. The molecule has 28 heavy (non-hydrogen) atoms. The van der Waals surface area contributed by atoms with Crippen LogP contribution in [0.25, 0.3) is 0 Å². The van der Waals surface area contributed by atoms with Crippen molar-refractivity contribution in [2.45, 2.75) is 12.2 Å². The third kappa shape index (κ3) is 4.50. The molecule has 1 aromatic carbocycles. The van der Waals surface area contributed by atoms with E-state index in [-0.39, 0.29) is 22.6 Å². The first-order valence-electron chi connectivity index (χ1n) is 8.57. The van der Waals surface area contributed by atoms with Gasteiger partial charge in [-0.2, -0.15) is 24.9 Å². The summed E-state index contributed by atoms with van der Waals surface area (Å²) in [6.07, 6.45) is -2.99. The van der Waals surface area contributed by atoms with E-state index in [1.54, 1.807) is 11.8 Å². The van der Waals surface area contributed by atoms with Gasteiger partial charge in [-0.15, -0.1) is 0 Å². The van der Waals surface area contributed by atoms with Crippen LogP contribution in [0, 0.1) is 0 Å². The van der Waals surface area contributed by atoms with E-state index in [1.807, 2.05) is 0 Å². The van der Waals surface area contributed by atoms with Gasteiger partial charge in [-0.05, 0) is 23.8 Å². The summed E-state index contributed by atoms with van der Waals surface area (Å²) in [7, 11) is 0. The van der Waals surface area contributed by atoms with Gasteiger partial charge < -0.3 is 16.5 Å². The Morgan fingerprint density at radius 3 is 2.39 bits per heavy atom. The molecule has 3 rings (SSSR count). The second kappa shape index (κ2) is 8.27. The van der Waals surface area contributed by atoms with Gasteiger partial charge in [0.05, 0.1) is 5.69 Å². The molecule has 1 aliphatic rings. The van der Waals surface area contributed by atoms with E-state index < -0.39 is 17.8 Å². The number of nitrogens with zero attached hydrogens (tertiary/aromatic N) is 2. The summed E-state index contributed by atoms with van der Waals surface area (Å²) < 4.78 is 41.0. The van der Waals surface area contributed by atoms with E-state index in [4.69, 9.17) is 11.5 Å². The van der Waals surface area contributed by atoms with Gasteiger partial charge in [-0.3, -0.25) is 9.69 Å². The van der Waals surface area contributed by atoms with E-state index in [0.717, 1.165) is 0 Å². The molecule has 2 heterocycles. The molecule has 1 saturated heterocycles. The van der Waals surface area contributed by atoms with Gasteiger partial charge in [0.15, 0.2) is 0 Å². The van der Waals surface area contributed by atoms with Crippen molar-refractivity contribution in [3.63, 3.8) is 0 Å². The lowest BCUT2D eigenvalue weighted by Gasteiger charge is -2.35. The SMILES string of the molecule is NC(=Nc1ccc(C(N2CCSCC2)C(F)(F)F)cc1)c1c(N)cc[nH]c1=O. The first-order valence-corrected chi connectivity index (χ1v) is 9.73. The van der Waals surface area contributed by atoms with Gasteiger partial charge in [0.1, 0.15) is 17.4 Å². The van der Waals surface area contributed by atoms with Crippen LogP contribution in [-0.4, -0.2) is 46.5 Å². The number of aliphatic imine (C=N–C) groups is 1. The average Bonchev–Trinajstić information content (AvgIpc) is 2.63. The molecule has 0 aliphatic carbocycles. The van der Waals surface area contributed by atoms with E-state index in [0.29, 0.717) is 30.3 Å². The number of amidine groups is 1. The molecule has 1 atom stereocenters. The monoisotopic (exact) mass is 411 g/mol. The zero-order chi connectivity index (χ0) is 20.3. The number of alkyl halides is 3. The number of benzene rings is 1. The number of thioether (sulfide) groups is 1. The molecule has 1 fully saturated rings. The molecule has 0 radical (unpaired) electrons. The molecule has 0 bridgehead atoms. The third-order valence-corrected chi connectivity index (χ3v) is 5.37. The minimum absolute atomic E-state index is 0.0329. The highest BCUT2D eigenvalue weighted by atomic mass is 32.2. The van der Waals surface area contributed by atoms with Crippen LogP contribution in [0.5, 0.6) is 0 Å². The number of H-pyrrole nitrogens is 1. The third-order valence-electron chi connectivity index (χ3n) is 4.43. The van der Waals surface area contributed by atoms with Crippen LogP contribution in [-0.2, 0) is 0 Å². The molecule has 150 valence electrons. The van der Waals surface area contributed by atoms with E-state index in [1.165, 1.54) is 41.4 Å². The Bertz CT molecular complexity index is 905. The van der Waals surface area contributed by atoms with Crippen molar-refractivity contribution < 1.29 is 13.2 Å². The van der Waals surface area contributed by atoms with Crippen molar-refractivity contribution in [2.24, 2.45) is 10.7 Å². The van der Waals surface area contributed by atoms with Crippen LogP contribution >= 0.6 is 11.8 Å². The lowest BCUT2D eigenvalue weighted by atomic mass is 10.0. The Hall–Kier alpha value is -2.46. The topological polar surface area (TPSA) is 100 Å². The zero-order valence-corrected chi connectivity index (χ0v) is 15.7. The maximum Gasteiger partial charge on any atom is 0.408 e. The first kappa shape index (κ1) is 20.3. The fraction of sp³-hybridized carbons (Fsp3) is 0.333. The number of nitrogen functional groups attached to an aromatic ring is 1. The van der Waals surface area contributed by atoms with Gasteiger partial charge >= 0.3 is 6.18 Å². The molecule has 10 heteroatoms. The summed E-state index contributed by atoms with van der Waals surface area (Å²) >= 11 is 1.65. The summed E-state index contributed by atoms with van der Waals surface area (Å²) in [4.78, 5) is 19.9. The van der Waals surface area contributed by atoms with Gasteiger partial charge in [0, 0.05) is 36.5 Å². The van der Waals surface area contributed by atoms with Crippen molar-refractivity contribution in [3.8, 4) is 0 Å². The largest absolute Gasteiger partial charge is 0.408 e. The van der Waals surface area contributed by atoms with Gasteiger partial charge in [-0.25, -0.2) is 4.99 Å². The van der Waals surface area contributed by atoms with E-state index in [9.17, 15) is 18.0 Å². The molecule has 1 unspecified atom stereocenters. The van der Waals surface area contributed by atoms with Gasteiger partial charge in [0.2, 0.25) is 0 Å². The zero-order valence-electron chi connectivity index (χ0n) is 14.9. The quantitative estimate of drug-likeness (QED) is 0.531. The lowest BCUT2D eigenvalue weighted by molar-refractivity contribution is -0.185. The minimum Gasteiger partial charge on any atom is -0.398 e. The fourth-order valence-electron chi connectivity index (χ4n) is 3.13. The predicted molar refractivity (Wildman–Crippen MR) is 106 cm³/mol. The van der Waals surface area contributed by atoms with Crippen molar-refractivity contribution in [1.29, 1.82) is 0 Å². The number of nitrogens with one attached hydrogen (secondary N) is 1. The second-order valence-corrected chi connectivity index (χ2v) is 7.54. The molecular formula is C18H20F3N5OS. The lowest BCUT2D eigenvalue weighted by Crippen LogP contribution is -2.42. The Labute approximate surface area is 163 Å². The van der Waals surface area contributed by atoms with Crippen LogP contribution < -0.4 is 17.0 Å². The highest BCUT2D eigenvalue weighted by Crippen LogP contribution is 2.39. The number of nitrogens with two attached hydrogens (primary N) is 2. The number of aromatic amines is 1. The van der Waals surface area contributed by atoms with Crippen LogP contribution in [0.3, 0.4) is 0 Å². The number of hydrogen-bond acceptors (Lipinski definition) is 5. The number of anilines is 1. The number of hydrogen-bond donors (Lipinski definition) is 3. The highest BCUT2D eigenvalue weighted by molar-refractivity contribution is 7.99. The molecule has 2 aromatic rings. The summed E-state index contributed by atoms with van der Waals surface area (Å²) in [6, 6.07) is 5.51. The number of pyridine rings is 1. The summed E-state index contributed by atoms with van der Waals surface area (Å²) in [5.41, 5.74) is 11.8. The fourth-order valence-corrected chi connectivity index (χ4v) is 4.06. The molecule has 0 spiro atoms. The Morgan fingerprint density at radius 2 is 1.82 bits per heavy atom. The molecule has 0 amide bonds. The van der Waals surface area contributed by atoms with Crippen LogP contribution in [0.1, 0.15) is 17.2 Å². The van der Waals surface area contributed by atoms with Crippen LogP contribution in [0.4, 0.5) is 24.5 Å². The molecule has 6 nitrogen and oxygen atoms in total. The normalized spacial score (nSPS) is 17.5. The second-order valence-electron chi connectivity index (χ2n) is 6.32. The van der Waals surface area contributed by atoms with Crippen molar-refractivity contribution in [2.75, 3.05) is 30.3 Å². The Kier molecular flexibility index (Phi) is 5.99. The summed E-state index contributed by atoms with van der Waals surface area (Å²) in [5.74, 6) is 1.25. The number of rotatable bonds is 4. The maximum atomic E-state index is 13.7. The summed E-state index contributed by atoms with van der Waals surface area (Å²) in [5, 5.41) is 0. The van der Waals surface area contributed by atoms with Crippen LogP contribution in [0.2, 0.25) is 0 Å². The molecule has 1 aliphatic heterocycles. The Morgan fingerprint density at radius 1 is 1.18 bits per heavy atom. The number of aromatic nitrogens is 1. The maximum absolute atomic E-state index is 13.7. The standard InChI is InChI=1S/C18H20F3N5OS/c19-18(20,21)15(26-7-9-28-10-8-26)11-1-3-12(4-2-11)25-16(23)14-13(22)5-6-24-17(14)27/h1-6,15H,7-10H2,(H2,23,25)(H3,22,24,27). The average molecular weight is 411 g/mol. The highest BCUT2D eigenvalue weighted by Gasteiger charge is 2.44. The molecule has 0 saturated carbocycles. The minimum atomic E-state index is -4.38. The number of halogens is 3. The van der Waals surface area contributed by atoms with Gasteiger partial charge in [0.25, 0.3) is 5.56 Å². The predicted octanol–water partition coefficient (Wildman–Crippen LogP) is 2.65. The molecular weight excluding hydrogens is 391 g/mol. The van der Waals surface area contributed by atoms with Crippen molar-refractivity contribution in [3.05, 3.63) is 58.0 Å². The molecule has 5 N–H and O–H groups in total. The summed E-state index contributed by atoms with van der Waals surface area (Å²) in [6.45, 7) is 0.773. The van der Waals surface area contributed by atoms with Crippen molar-refractivity contribution in [1.82, 2.24) is 9.88 Å². The van der Waals surface area contributed by atoms with Gasteiger partial charge in [-0.1, -0.05) is 12.1 Å². The smallest absolute Gasteiger partial charge is 0.398 e. The van der Waals surface area contributed by atoms with E-state index >= 15 is 0 Å².